The van der Waals surface area contributed by atoms with Crippen LogP contribution in [0.2, 0.25) is 0 Å². The van der Waals surface area contributed by atoms with Crippen LogP contribution in [0.4, 0.5) is 5.69 Å². The van der Waals surface area contributed by atoms with Crippen molar-refractivity contribution in [1.29, 1.82) is 0 Å². The molecule has 3 rings (SSSR count). The molecule has 116 valence electrons. The van der Waals surface area contributed by atoms with Crippen LogP contribution in [0.25, 0.3) is 0 Å². The van der Waals surface area contributed by atoms with Crippen molar-refractivity contribution in [2.75, 3.05) is 37.0 Å². The van der Waals surface area contributed by atoms with Crippen molar-refractivity contribution in [1.82, 2.24) is 0 Å². The minimum absolute atomic E-state index is 0.0262. The molecule has 21 heavy (non-hydrogen) atoms. The number of nitrogens with zero attached hydrogens (tertiary/aromatic N) is 1. The summed E-state index contributed by atoms with van der Waals surface area (Å²) < 4.78 is 37.0. The van der Waals surface area contributed by atoms with Gasteiger partial charge in [0.1, 0.15) is 0 Å². The first-order chi connectivity index (χ1) is 10.0. The van der Waals surface area contributed by atoms with Crippen LogP contribution in [0.1, 0.15) is 12.8 Å². The highest BCUT2D eigenvalue weighted by atomic mass is 32.2. The van der Waals surface area contributed by atoms with Gasteiger partial charge in [0.2, 0.25) is 0 Å². The third-order valence-corrected chi connectivity index (χ3v) is 5.88. The second kappa shape index (κ2) is 6.16. The lowest BCUT2D eigenvalue weighted by molar-refractivity contribution is 0.0682. The summed E-state index contributed by atoms with van der Waals surface area (Å²) in [5.74, 6) is 1.57. The van der Waals surface area contributed by atoms with Gasteiger partial charge in [-0.15, -0.1) is 11.8 Å². The molecule has 0 amide bonds. The van der Waals surface area contributed by atoms with E-state index < -0.39 is 10.1 Å². The maximum Gasteiger partial charge on any atom is 0.294 e. The van der Waals surface area contributed by atoms with E-state index in [0.717, 1.165) is 55.5 Å². The van der Waals surface area contributed by atoms with E-state index in [1.54, 1.807) is 17.8 Å². The summed E-state index contributed by atoms with van der Waals surface area (Å²) in [6.07, 6.45) is 2.17. The minimum atomic E-state index is -4.13. The number of anilines is 1. The van der Waals surface area contributed by atoms with E-state index in [1.807, 2.05) is 6.07 Å². The molecule has 0 radical (unpaired) electrons. The van der Waals surface area contributed by atoms with Crippen molar-refractivity contribution >= 4 is 27.6 Å². The predicted molar refractivity (Wildman–Crippen MR) is 82.7 cm³/mol. The summed E-state index contributed by atoms with van der Waals surface area (Å²) >= 11 is 1.64. The number of benzene rings is 1. The summed E-state index contributed by atoms with van der Waals surface area (Å²) in [7, 11) is -4.13. The first kappa shape index (κ1) is 15.1. The van der Waals surface area contributed by atoms with Gasteiger partial charge in [-0.25, -0.2) is 0 Å². The Labute approximate surface area is 129 Å². The van der Waals surface area contributed by atoms with Crippen LogP contribution in [-0.4, -0.2) is 45.0 Å². The summed E-state index contributed by atoms with van der Waals surface area (Å²) in [5, 5.41) is 0. The van der Waals surface area contributed by atoms with Gasteiger partial charge in [-0.3, -0.25) is 4.55 Å². The lowest BCUT2D eigenvalue weighted by atomic mass is 9.99. The second-order valence-electron chi connectivity index (χ2n) is 5.45. The number of fused-ring (bicyclic) bond motifs is 1. The first-order valence-electron chi connectivity index (χ1n) is 7.11. The molecule has 0 saturated carbocycles. The molecule has 0 aromatic heterocycles. The van der Waals surface area contributed by atoms with Crippen molar-refractivity contribution in [2.45, 2.75) is 22.6 Å². The Hall–Kier alpha value is -0.760. The van der Waals surface area contributed by atoms with Crippen molar-refractivity contribution in [2.24, 2.45) is 5.92 Å². The minimum Gasteiger partial charge on any atom is -0.381 e. The van der Waals surface area contributed by atoms with Gasteiger partial charge in [0.15, 0.2) is 0 Å². The predicted octanol–water partition coefficient (Wildman–Crippen LogP) is 2.27. The highest BCUT2D eigenvalue weighted by molar-refractivity contribution is 7.99. The maximum absolute atomic E-state index is 11.2. The summed E-state index contributed by atoms with van der Waals surface area (Å²) in [4.78, 5) is 3.24. The molecule has 1 aromatic rings. The van der Waals surface area contributed by atoms with Gasteiger partial charge in [0, 0.05) is 37.0 Å². The molecule has 2 aliphatic heterocycles. The highest BCUT2D eigenvalue weighted by Crippen LogP contribution is 2.37. The van der Waals surface area contributed by atoms with Crippen LogP contribution in [-0.2, 0) is 14.9 Å². The standard InChI is InChI=1S/C14H19NO4S2/c16-21(17,18)12-1-2-13-14(9-12)20-8-5-15(13)10-11-3-6-19-7-4-11/h1-2,9,11H,3-8,10H2,(H,16,17,18). The van der Waals surface area contributed by atoms with Gasteiger partial charge in [0.25, 0.3) is 10.1 Å². The van der Waals surface area contributed by atoms with Crippen molar-refractivity contribution in [3.63, 3.8) is 0 Å². The van der Waals surface area contributed by atoms with Gasteiger partial charge in [-0.2, -0.15) is 8.42 Å². The Bertz CT molecular complexity index is 611. The Kier molecular flexibility index (Phi) is 4.44. The fourth-order valence-electron chi connectivity index (χ4n) is 2.85. The molecule has 0 atom stereocenters. The molecular formula is C14H19NO4S2. The summed E-state index contributed by atoms with van der Waals surface area (Å²) in [6.45, 7) is 3.63. The van der Waals surface area contributed by atoms with Crippen molar-refractivity contribution < 1.29 is 17.7 Å². The topological polar surface area (TPSA) is 66.8 Å². The lowest BCUT2D eigenvalue weighted by Crippen LogP contribution is -2.36. The molecule has 0 unspecified atom stereocenters. The molecule has 7 heteroatoms. The number of hydrogen-bond acceptors (Lipinski definition) is 5. The second-order valence-corrected chi connectivity index (χ2v) is 8.01. The zero-order valence-electron chi connectivity index (χ0n) is 11.7. The molecule has 0 aliphatic carbocycles. The van der Waals surface area contributed by atoms with Crippen LogP contribution >= 0.6 is 11.8 Å². The molecule has 5 nitrogen and oxygen atoms in total. The SMILES string of the molecule is O=S(=O)(O)c1ccc2c(c1)SCCN2CC1CCOCC1. The van der Waals surface area contributed by atoms with E-state index in [9.17, 15) is 8.42 Å². The zero-order valence-corrected chi connectivity index (χ0v) is 13.3. The Morgan fingerprint density at radius 2 is 2.10 bits per heavy atom. The molecule has 1 fully saturated rings. The normalized spacial score (nSPS) is 20.3. The third kappa shape index (κ3) is 3.53. The fourth-order valence-corrected chi connectivity index (χ4v) is 4.52. The number of rotatable bonds is 3. The molecule has 0 spiro atoms. The van der Waals surface area contributed by atoms with Crippen molar-refractivity contribution in [3.8, 4) is 0 Å². The van der Waals surface area contributed by atoms with Crippen LogP contribution in [0.3, 0.4) is 0 Å². The van der Waals surface area contributed by atoms with E-state index in [4.69, 9.17) is 9.29 Å². The van der Waals surface area contributed by atoms with E-state index in [0.29, 0.717) is 5.92 Å². The van der Waals surface area contributed by atoms with Crippen LogP contribution in [0.15, 0.2) is 28.0 Å². The van der Waals surface area contributed by atoms with Crippen LogP contribution in [0.5, 0.6) is 0 Å². The quantitative estimate of drug-likeness (QED) is 0.858. The van der Waals surface area contributed by atoms with E-state index in [2.05, 4.69) is 4.90 Å². The number of hydrogen-bond donors (Lipinski definition) is 1. The van der Waals surface area contributed by atoms with E-state index in [1.165, 1.54) is 6.07 Å². The summed E-state index contributed by atoms with van der Waals surface area (Å²) in [6, 6.07) is 4.87. The Balaban J connectivity index is 1.81. The van der Waals surface area contributed by atoms with Gasteiger partial charge in [-0.05, 0) is 37.0 Å². The molecule has 2 aliphatic rings. The van der Waals surface area contributed by atoms with E-state index >= 15 is 0 Å². The van der Waals surface area contributed by atoms with Crippen LogP contribution < -0.4 is 4.90 Å². The van der Waals surface area contributed by atoms with E-state index in [-0.39, 0.29) is 4.90 Å². The number of thioether (sulfide) groups is 1. The summed E-state index contributed by atoms with van der Waals surface area (Å²) in [5.41, 5.74) is 1.07. The Morgan fingerprint density at radius 3 is 2.81 bits per heavy atom. The maximum atomic E-state index is 11.2. The van der Waals surface area contributed by atoms with Gasteiger partial charge < -0.3 is 9.64 Å². The average molecular weight is 329 g/mol. The largest absolute Gasteiger partial charge is 0.381 e. The highest BCUT2D eigenvalue weighted by Gasteiger charge is 2.23. The monoisotopic (exact) mass is 329 g/mol. The average Bonchev–Trinajstić information content (AvgIpc) is 2.47. The fraction of sp³-hybridized carbons (Fsp3) is 0.571. The molecule has 2 heterocycles. The molecule has 0 bridgehead atoms. The van der Waals surface area contributed by atoms with Gasteiger partial charge in [0.05, 0.1) is 10.6 Å². The van der Waals surface area contributed by atoms with Gasteiger partial charge >= 0.3 is 0 Å². The third-order valence-electron chi connectivity index (χ3n) is 4.01. The Morgan fingerprint density at radius 1 is 1.33 bits per heavy atom. The molecule has 1 aromatic carbocycles. The molecule has 1 saturated heterocycles. The molecular weight excluding hydrogens is 310 g/mol. The van der Waals surface area contributed by atoms with Gasteiger partial charge in [-0.1, -0.05) is 0 Å². The first-order valence-corrected chi connectivity index (χ1v) is 9.53. The van der Waals surface area contributed by atoms with Crippen LogP contribution in [0, 0.1) is 5.92 Å². The zero-order chi connectivity index (χ0) is 14.9. The lowest BCUT2D eigenvalue weighted by Gasteiger charge is -2.35. The molecule has 1 N–H and O–H groups in total. The smallest absolute Gasteiger partial charge is 0.294 e. The number of ether oxygens (including phenoxy) is 1. The van der Waals surface area contributed by atoms with Crippen molar-refractivity contribution in [3.05, 3.63) is 18.2 Å².